The fourth-order valence-corrected chi connectivity index (χ4v) is 3.85. The van der Waals surface area contributed by atoms with Crippen molar-refractivity contribution in [3.05, 3.63) is 39.8 Å². The van der Waals surface area contributed by atoms with Gasteiger partial charge in [0.2, 0.25) is 0 Å². The van der Waals surface area contributed by atoms with E-state index < -0.39 is 28.5 Å². The van der Waals surface area contributed by atoms with Gasteiger partial charge in [-0.2, -0.15) is 0 Å². The Morgan fingerprint density at radius 1 is 1.24 bits per heavy atom. The van der Waals surface area contributed by atoms with E-state index in [0.717, 1.165) is 6.08 Å². The number of aliphatic hydroxyl groups is 1. The van der Waals surface area contributed by atoms with Crippen molar-refractivity contribution in [2.75, 3.05) is 6.61 Å². The van der Waals surface area contributed by atoms with E-state index in [4.69, 9.17) is 4.74 Å². The number of benzene rings is 1. The van der Waals surface area contributed by atoms with Gasteiger partial charge in [0.1, 0.15) is 34.0 Å². The number of ketones is 3. The number of ether oxygens (including phenoxy) is 1. The predicted molar refractivity (Wildman–Crippen MR) is 103 cm³/mol. The molecule has 0 bridgehead atoms. The summed E-state index contributed by atoms with van der Waals surface area (Å²) < 4.78 is 5.69. The number of Topliss-reactive ketones (excluding diaryl/α,β-unsaturated/α-hetero) is 2. The third kappa shape index (κ3) is 2.74. The largest absolute Gasteiger partial charge is 0.507 e. The average molecular weight is 401 g/mol. The second-order valence-corrected chi connectivity index (χ2v) is 7.61. The van der Waals surface area contributed by atoms with Crippen LogP contribution in [0.25, 0.3) is 0 Å². The number of phenolic OH excluding ortho intramolecular Hbond substituents is 2. The number of aromatic hydroxyl groups is 2. The summed E-state index contributed by atoms with van der Waals surface area (Å²) in [5.41, 5.74) is -1.45. The predicted octanol–water partition coefficient (Wildman–Crippen LogP) is 1.54. The van der Waals surface area contributed by atoms with Crippen LogP contribution in [0.1, 0.15) is 49.2 Å². The molecule has 0 fully saturated rings. The van der Waals surface area contributed by atoms with Crippen molar-refractivity contribution in [1.29, 1.82) is 0 Å². The van der Waals surface area contributed by atoms with Gasteiger partial charge in [-0.15, -0.1) is 0 Å². The van der Waals surface area contributed by atoms with Crippen molar-refractivity contribution < 1.29 is 34.4 Å². The number of rotatable bonds is 4. The number of carbonyl (C=O) groups is 3. The maximum atomic E-state index is 13.5. The van der Waals surface area contributed by atoms with E-state index in [2.05, 4.69) is 5.32 Å². The second-order valence-electron chi connectivity index (χ2n) is 7.61. The van der Waals surface area contributed by atoms with E-state index in [1.54, 1.807) is 13.8 Å². The lowest BCUT2D eigenvalue weighted by atomic mass is 9.70. The Morgan fingerprint density at radius 2 is 1.86 bits per heavy atom. The highest BCUT2D eigenvalue weighted by Gasteiger charge is 2.56. The first-order valence-corrected chi connectivity index (χ1v) is 9.14. The van der Waals surface area contributed by atoms with Gasteiger partial charge in [0.05, 0.1) is 17.7 Å². The molecule has 8 heteroatoms. The summed E-state index contributed by atoms with van der Waals surface area (Å²) in [7, 11) is 0. The van der Waals surface area contributed by atoms with Gasteiger partial charge in [0, 0.05) is 23.4 Å². The summed E-state index contributed by atoms with van der Waals surface area (Å²) in [6, 6.07) is -0.384. The Bertz CT molecular complexity index is 1030. The number of fused-ring (bicyclic) bond motifs is 3. The van der Waals surface area contributed by atoms with Crippen molar-refractivity contribution >= 4 is 17.3 Å². The molecule has 0 saturated carbocycles. The molecule has 1 heterocycles. The highest BCUT2D eigenvalue weighted by molar-refractivity contribution is 6.31. The molecule has 1 aromatic rings. The molecule has 0 spiro atoms. The van der Waals surface area contributed by atoms with E-state index >= 15 is 0 Å². The molecule has 0 aromatic heterocycles. The Kier molecular flexibility index (Phi) is 4.78. The molecule has 0 radical (unpaired) electrons. The maximum Gasteiger partial charge on any atom is 0.194 e. The topological polar surface area (TPSA) is 133 Å². The quantitative estimate of drug-likeness (QED) is 0.339. The van der Waals surface area contributed by atoms with Crippen LogP contribution in [0.15, 0.2) is 23.1 Å². The van der Waals surface area contributed by atoms with Gasteiger partial charge in [0.25, 0.3) is 0 Å². The minimum absolute atomic E-state index is 0.0166. The van der Waals surface area contributed by atoms with E-state index in [0.29, 0.717) is 0 Å². The highest BCUT2D eigenvalue weighted by atomic mass is 16.5. The van der Waals surface area contributed by atoms with E-state index in [-0.39, 0.29) is 57.9 Å². The summed E-state index contributed by atoms with van der Waals surface area (Å²) in [5.74, 6) is -2.64. The third-order valence-electron chi connectivity index (χ3n) is 5.50. The van der Waals surface area contributed by atoms with Crippen molar-refractivity contribution in [2.45, 2.75) is 46.1 Å². The molecule has 0 saturated heterocycles. The van der Waals surface area contributed by atoms with Gasteiger partial charge in [0.15, 0.2) is 17.3 Å². The lowest BCUT2D eigenvalue weighted by molar-refractivity contribution is -0.123. The van der Waals surface area contributed by atoms with Crippen LogP contribution in [0.4, 0.5) is 0 Å². The molecule has 1 aromatic carbocycles. The van der Waals surface area contributed by atoms with Crippen LogP contribution in [-0.2, 0) is 15.0 Å². The molecular weight excluding hydrogens is 378 g/mol. The molecule has 8 nitrogen and oxygen atoms in total. The van der Waals surface area contributed by atoms with E-state index in [9.17, 15) is 29.7 Å². The van der Waals surface area contributed by atoms with Crippen molar-refractivity contribution in [1.82, 2.24) is 5.32 Å². The number of carbonyl (C=O) groups excluding carboxylic acids is 3. The smallest absolute Gasteiger partial charge is 0.194 e. The molecule has 1 unspecified atom stereocenters. The second kappa shape index (κ2) is 6.73. The number of nitrogens with one attached hydrogen (secondary N) is 1. The van der Waals surface area contributed by atoms with Gasteiger partial charge >= 0.3 is 0 Å². The SMILES string of the molecule is CC(=O)c1c(O)c(C)c(O)c2c1OC1=CC(=O)C(=C(C)NC(C)CO)C(=O)[C@@]12C. The average Bonchev–Trinajstić information content (AvgIpc) is 2.93. The number of hydrogen-bond donors (Lipinski definition) is 4. The summed E-state index contributed by atoms with van der Waals surface area (Å²) in [4.78, 5) is 38.3. The molecule has 1 aliphatic carbocycles. The first-order valence-electron chi connectivity index (χ1n) is 9.14. The molecule has 3 rings (SSSR count). The van der Waals surface area contributed by atoms with Crippen LogP contribution in [0.3, 0.4) is 0 Å². The zero-order valence-corrected chi connectivity index (χ0v) is 16.8. The van der Waals surface area contributed by atoms with E-state index in [1.807, 2.05) is 0 Å². The Labute approximate surface area is 167 Å². The molecule has 2 aliphatic rings. The van der Waals surface area contributed by atoms with Crippen LogP contribution >= 0.6 is 0 Å². The molecule has 29 heavy (non-hydrogen) atoms. The summed E-state index contributed by atoms with van der Waals surface area (Å²) in [6.07, 6.45) is 1.15. The van der Waals surface area contributed by atoms with Crippen LogP contribution in [-0.4, -0.2) is 45.3 Å². The lowest BCUT2D eigenvalue weighted by Crippen LogP contribution is -2.42. The highest BCUT2D eigenvalue weighted by Crippen LogP contribution is 2.57. The lowest BCUT2D eigenvalue weighted by Gasteiger charge is -2.29. The van der Waals surface area contributed by atoms with Gasteiger partial charge in [-0.3, -0.25) is 14.4 Å². The molecule has 154 valence electrons. The molecule has 1 aliphatic heterocycles. The monoisotopic (exact) mass is 401 g/mol. The van der Waals surface area contributed by atoms with Crippen LogP contribution in [0, 0.1) is 6.92 Å². The van der Waals surface area contributed by atoms with Gasteiger partial charge in [-0.1, -0.05) is 0 Å². The number of phenols is 2. The Hall–Kier alpha value is -3.13. The first kappa shape index (κ1) is 20.6. The normalized spacial score (nSPS) is 23.0. The zero-order chi connectivity index (χ0) is 21.8. The standard InChI is InChI=1S/C21H23NO7/c1-8(7-23)22-10(3)14-12(25)6-13-21(5,20(14)28)16-18(27)9(2)17(26)15(11(4)24)19(16)29-13/h6,8,22-23,26-27H,7H2,1-5H3/t8?,21-/m0/s1. The van der Waals surface area contributed by atoms with Crippen molar-refractivity contribution in [2.24, 2.45) is 0 Å². The Balaban J connectivity index is 2.31. The summed E-state index contributed by atoms with van der Waals surface area (Å²) >= 11 is 0. The van der Waals surface area contributed by atoms with Crippen molar-refractivity contribution in [3.8, 4) is 17.2 Å². The minimum Gasteiger partial charge on any atom is -0.507 e. The third-order valence-corrected chi connectivity index (χ3v) is 5.50. The fraction of sp³-hybridized carbons (Fsp3) is 0.381. The van der Waals surface area contributed by atoms with Gasteiger partial charge in [-0.05, 0) is 34.6 Å². The van der Waals surface area contributed by atoms with Crippen LogP contribution < -0.4 is 10.1 Å². The van der Waals surface area contributed by atoms with E-state index in [1.165, 1.54) is 20.8 Å². The molecule has 2 atom stereocenters. The maximum absolute atomic E-state index is 13.5. The number of allylic oxidation sites excluding steroid dienone is 4. The van der Waals surface area contributed by atoms with Crippen LogP contribution in [0.2, 0.25) is 0 Å². The van der Waals surface area contributed by atoms with Gasteiger partial charge < -0.3 is 25.4 Å². The molecule has 0 amide bonds. The van der Waals surface area contributed by atoms with Gasteiger partial charge in [-0.25, -0.2) is 0 Å². The first-order chi connectivity index (χ1) is 13.5. The minimum atomic E-state index is -1.54. The zero-order valence-electron chi connectivity index (χ0n) is 16.8. The Morgan fingerprint density at radius 3 is 2.41 bits per heavy atom. The summed E-state index contributed by atoms with van der Waals surface area (Å²) in [5, 5.41) is 33.2. The molecule has 4 N–H and O–H groups in total. The fourth-order valence-electron chi connectivity index (χ4n) is 3.85. The summed E-state index contributed by atoms with van der Waals surface area (Å²) in [6.45, 7) is 7.21. The molecular formula is C21H23NO7. The van der Waals surface area contributed by atoms with Crippen LogP contribution in [0.5, 0.6) is 17.2 Å². The number of aliphatic hydroxyl groups excluding tert-OH is 1. The van der Waals surface area contributed by atoms with Crippen molar-refractivity contribution in [3.63, 3.8) is 0 Å². The number of hydrogen-bond acceptors (Lipinski definition) is 8.